The van der Waals surface area contributed by atoms with Crippen molar-refractivity contribution in [1.82, 2.24) is 9.97 Å². The van der Waals surface area contributed by atoms with Gasteiger partial charge in [-0.05, 0) is 18.9 Å². The summed E-state index contributed by atoms with van der Waals surface area (Å²) in [6.45, 7) is 2.03. The Bertz CT molecular complexity index is 256. The fourth-order valence-electron chi connectivity index (χ4n) is 0.892. The molecule has 0 aliphatic carbocycles. The quantitative estimate of drug-likeness (QED) is 0.672. The molecule has 0 aromatic carbocycles. The summed E-state index contributed by atoms with van der Waals surface area (Å²) >= 11 is 5.56. The zero-order valence-corrected chi connectivity index (χ0v) is 7.75. The molecule has 64 valence electrons. The molecular weight excluding hydrogens is 172 g/mol. The van der Waals surface area contributed by atoms with Gasteiger partial charge >= 0.3 is 0 Å². The first-order chi connectivity index (χ1) is 5.84. The Morgan fingerprint density at radius 2 is 2.17 bits per heavy atom. The number of rotatable bonds is 3. The molecule has 1 aromatic heterocycles. The zero-order valence-electron chi connectivity index (χ0n) is 7.00. The molecule has 0 spiro atoms. The molecule has 0 N–H and O–H groups in total. The van der Waals surface area contributed by atoms with Crippen LogP contribution >= 0.6 is 11.6 Å². The molecule has 0 unspecified atom stereocenters. The van der Waals surface area contributed by atoms with E-state index in [0.717, 1.165) is 12.0 Å². The van der Waals surface area contributed by atoms with Gasteiger partial charge in [0.15, 0.2) is 0 Å². The van der Waals surface area contributed by atoms with E-state index in [1.807, 2.05) is 6.92 Å². The molecule has 0 aliphatic heterocycles. The zero-order chi connectivity index (χ0) is 8.81. The number of aromatic nitrogens is 2. The van der Waals surface area contributed by atoms with Crippen LogP contribution in [0.3, 0.4) is 0 Å². The second kappa shape index (κ2) is 4.88. The third kappa shape index (κ3) is 2.62. The molecule has 3 heteroatoms. The second-order valence-corrected chi connectivity index (χ2v) is 2.87. The molecule has 0 amide bonds. The van der Waals surface area contributed by atoms with Crippen LogP contribution in [0.15, 0.2) is 24.8 Å². The third-order valence-electron chi connectivity index (χ3n) is 1.58. The van der Waals surface area contributed by atoms with Gasteiger partial charge in [0.05, 0.1) is 0 Å². The predicted molar refractivity (Wildman–Crippen MR) is 51.0 cm³/mol. The molecule has 0 saturated carbocycles. The van der Waals surface area contributed by atoms with Gasteiger partial charge in [-0.25, -0.2) is 9.97 Å². The normalized spacial score (nSPS) is 11.7. The van der Waals surface area contributed by atoms with Crippen molar-refractivity contribution in [3.8, 4) is 0 Å². The minimum absolute atomic E-state index is 0.658. The molecule has 0 bridgehead atoms. The molecule has 1 rings (SSSR count). The van der Waals surface area contributed by atoms with E-state index in [-0.39, 0.29) is 0 Å². The summed E-state index contributed by atoms with van der Waals surface area (Å²) in [5, 5.41) is 0. The molecule has 0 atom stereocenters. The van der Waals surface area contributed by atoms with Gasteiger partial charge in [-0.2, -0.15) is 0 Å². The molecule has 0 radical (unpaired) electrons. The molecule has 0 saturated heterocycles. The number of alkyl halides is 1. The predicted octanol–water partition coefficient (Wildman–Crippen LogP) is 2.51. The molecule has 1 heterocycles. The van der Waals surface area contributed by atoms with Crippen molar-refractivity contribution in [1.29, 1.82) is 0 Å². The molecule has 2 nitrogen and oxygen atoms in total. The van der Waals surface area contributed by atoms with Crippen LogP contribution in [0.2, 0.25) is 0 Å². The summed E-state index contributed by atoms with van der Waals surface area (Å²) < 4.78 is 0. The van der Waals surface area contributed by atoms with Crippen LogP contribution in [0.1, 0.15) is 18.9 Å². The molecule has 0 aliphatic rings. The first kappa shape index (κ1) is 9.20. The fraction of sp³-hybridized carbons (Fsp3) is 0.333. The van der Waals surface area contributed by atoms with Crippen molar-refractivity contribution in [3.05, 3.63) is 30.4 Å². The summed E-state index contributed by atoms with van der Waals surface area (Å²) in [4.78, 5) is 7.86. The van der Waals surface area contributed by atoms with Gasteiger partial charge < -0.3 is 0 Å². The number of nitrogens with zero attached hydrogens (tertiary/aromatic N) is 2. The first-order valence-corrected chi connectivity index (χ1v) is 4.36. The SMILES string of the molecule is CC(=CCCCl)c1cncnc1. The third-order valence-corrected chi connectivity index (χ3v) is 1.79. The maximum absolute atomic E-state index is 5.56. The fourth-order valence-corrected chi connectivity index (χ4v) is 1.00. The van der Waals surface area contributed by atoms with Crippen LogP contribution in [0.4, 0.5) is 0 Å². The average molecular weight is 183 g/mol. The van der Waals surface area contributed by atoms with E-state index >= 15 is 0 Å². The number of allylic oxidation sites excluding steroid dienone is 2. The summed E-state index contributed by atoms with van der Waals surface area (Å²) in [6, 6.07) is 0. The molecule has 0 fully saturated rings. The average Bonchev–Trinajstić information content (AvgIpc) is 2.15. The largest absolute Gasteiger partial charge is 0.244 e. The minimum Gasteiger partial charge on any atom is -0.244 e. The lowest BCUT2D eigenvalue weighted by Gasteiger charge is -1.97. The topological polar surface area (TPSA) is 25.8 Å². The van der Waals surface area contributed by atoms with E-state index in [1.165, 1.54) is 11.9 Å². The van der Waals surface area contributed by atoms with E-state index in [2.05, 4.69) is 16.0 Å². The van der Waals surface area contributed by atoms with E-state index in [9.17, 15) is 0 Å². The van der Waals surface area contributed by atoms with Crippen LogP contribution < -0.4 is 0 Å². The highest BCUT2D eigenvalue weighted by Gasteiger charge is 1.93. The van der Waals surface area contributed by atoms with E-state index in [0.29, 0.717) is 5.88 Å². The molecule has 12 heavy (non-hydrogen) atoms. The monoisotopic (exact) mass is 182 g/mol. The number of hydrogen-bond donors (Lipinski definition) is 0. The van der Waals surface area contributed by atoms with Gasteiger partial charge in [-0.3, -0.25) is 0 Å². The maximum atomic E-state index is 5.56. The minimum atomic E-state index is 0.658. The Kier molecular flexibility index (Phi) is 3.74. The van der Waals surface area contributed by atoms with Gasteiger partial charge in [0.1, 0.15) is 6.33 Å². The van der Waals surface area contributed by atoms with Crippen LogP contribution in [0.5, 0.6) is 0 Å². The Morgan fingerprint density at radius 1 is 1.50 bits per heavy atom. The lowest BCUT2D eigenvalue weighted by Crippen LogP contribution is -1.84. The Labute approximate surface area is 77.3 Å². The highest BCUT2D eigenvalue weighted by molar-refractivity contribution is 6.17. The van der Waals surface area contributed by atoms with Crippen molar-refractivity contribution in [2.75, 3.05) is 5.88 Å². The highest BCUT2D eigenvalue weighted by atomic mass is 35.5. The van der Waals surface area contributed by atoms with Gasteiger partial charge in [0, 0.05) is 23.8 Å². The van der Waals surface area contributed by atoms with E-state index < -0.39 is 0 Å². The van der Waals surface area contributed by atoms with Crippen molar-refractivity contribution in [2.45, 2.75) is 13.3 Å². The lowest BCUT2D eigenvalue weighted by molar-refractivity contribution is 1.15. The van der Waals surface area contributed by atoms with Crippen LogP contribution in [0.25, 0.3) is 5.57 Å². The van der Waals surface area contributed by atoms with Crippen molar-refractivity contribution < 1.29 is 0 Å². The smallest absolute Gasteiger partial charge is 0.115 e. The highest BCUT2D eigenvalue weighted by Crippen LogP contribution is 2.11. The van der Waals surface area contributed by atoms with Crippen LogP contribution in [0, 0.1) is 0 Å². The summed E-state index contributed by atoms with van der Waals surface area (Å²) in [5.74, 6) is 0.658. The van der Waals surface area contributed by atoms with E-state index in [4.69, 9.17) is 11.6 Å². The van der Waals surface area contributed by atoms with Gasteiger partial charge in [-0.15, -0.1) is 11.6 Å². The van der Waals surface area contributed by atoms with Crippen molar-refractivity contribution in [3.63, 3.8) is 0 Å². The van der Waals surface area contributed by atoms with Crippen molar-refractivity contribution in [2.24, 2.45) is 0 Å². The molecule has 1 aromatic rings. The summed E-state index contributed by atoms with van der Waals surface area (Å²) in [6.07, 6.45) is 8.10. The first-order valence-electron chi connectivity index (χ1n) is 3.82. The molecular formula is C9H11ClN2. The maximum Gasteiger partial charge on any atom is 0.115 e. The lowest BCUT2D eigenvalue weighted by atomic mass is 10.1. The Balaban J connectivity index is 2.71. The van der Waals surface area contributed by atoms with Crippen molar-refractivity contribution >= 4 is 17.2 Å². The number of halogens is 1. The Morgan fingerprint density at radius 3 is 2.75 bits per heavy atom. The number of hydrogen-bond acceptors (Lipinski definition) is 2. The summed E-state index contributed by atoms with van der Waals surface area (Å²) in [5.41, 5.74) is 2.24. The van der Waals surface area contributed by atoms with Gasteiger partial charge in [-0.1, -0.05) is 6.08 Å². The van der Waals surface area contributed by atoms with E-state index in [1.54, 1.807) is 12.4 Å². The van der Waals surface area contributed by atoms with Crippen LogP contribution in [-0.4, -0.2) is 15.8 Å². The van der Waals surface area contributed by atoms with Gasteiger partial charge in [0.25, 0.3) is 0 Å². The second-order valence-electron chi connectivity index (χ2n) is 2.49. The van der Waals surface area contributed by atoms with Gasteiger partial charge in [0.2, 0.25) is 0 Å². The van der Waals surface area contributed by atoms with Crippen LogP contribution in [-0.2, 0) is 0 Å². The standard InChI is InChI=1S/C9H11ClN2/c1-8(3-2-4-10)9-5-11-7-12-6-9/h3,5-7H,2,4H2,1H3. The summed E-state index contributed by atoms with van der Waals surface area (Å²) in [7, 11) is 0. The Hall–Kier alpha value is -0.890.